The Hall–Kier alpha value is -0.0400. The van der Waals surface area contributed by atoms with Crippen molar-refractivity contribution >= 4 is 0 Å². The van der Waals surface area contributed by atoms with Gasteiger partial charge in [-0.15, -0.1) is 0 Å². The number of rotatable bonds is 7. The molecule has 1 nitrogen and oxygen atoms in total. The van der Waals surface area contributed by atoms with E-state index in [1.807, 2.05) is 0 Å². The Bertz CT molecular complexity index is 162. The van der Waals surface area contributed by atoms with Gasteiger partial charge in [0.25, 0.3) is 0 Å². The van der Waals surface area contributed by atoms with E-state index in [-0.39, 0.29) is 0 Å². The van der Waals surface area contributed by atoms with Gasteiger partial charge in [-0.05, 0) is 43.6 Å². The second-order valence-corrected chi connectivity index (χ2v) is 6.14. The molecule has 0 aliphatic heterocycles. The second kappa shape index (κ2) is 5.89. The molecule has 1 fully saturated rings. The van der Waals surface area contributed by atoms with Crippen molar-refractivity contribution in [1.29, 1.82) is 0 Å². The largest absolute Gasteiger partial charge is 0.314 e. The van der Waals surface area contributed by atoms with Crippen LogP contribution in [0.3, 0.4) is 0 Å². The zero-order valence-electron chi connectivity index (χ0n) is 11.2. The minimum Gasteiger partial charge on any atom is -0.314 e. The molecule has 1 saturated carbocycles. The van der Waals surface area contributed by atoms with Crippen molar-refractivity contribution < 1.29 is 0 Å². The molecule has 1 atom stereocenters. The van der Waals surface area contributed by atoms with Gasteiger partial charge in [0.15, 0.2) is 0 Å². The minimum atomic E-state index is 0.720. The first-order valence-corrected chi connectivity index (χ1v) is 6.74. The van der Waals surface area contributed by atoms with E-state index >= 15 is 0 Å². The standard InChI is InChI=1S/C14H29N/c1-10(2)14(11(3)4)9-15-12(5)8-13-6-7-13/h10-15H,6-9H2,1-5H3. The molecule has 15 heavy (non-hydrogen) atoms. The summed E-state index contributed by atoms with van der Waals surface area (Å²) in [5.41, 5.74) is 0. The van der Waals surface area contributed by atoms with Gasteiger partial charge in [-0.1, -0.05) is 40.5 Å². The maximum absolute atomic E-state index is 3.72. The molecular weight excluding hydrogens is 182 g/mol. The summed E-state index contributed by atoms with van der Waals surface area (Å²) < 4.78 is 0. The van der Waals surface area contributed by atoms with E-state index in [9.17, 15) is 0 Å². The summed E-state index contributed by atoms with van der Waals surface area (Å²) in [5, 5.41) is 3.72. The molecule has 0 saturated heterocycles. The summed E-state index contributed by atoms with van der Waals surface area (Å²) in [7, 11) is 0. The number of hydrogen-bond acceptors (Lipinski definition) is 1. The second-order valence-electron chi connectivity index (χ2n) is 6.14. The normalized spacial score (nSPS) is 19.2. The maximum Gasteiger partial charge on any atom is 0.00414 e. The molecule has 1 rings (SSSR count). The Morgan fingerprint density at radius 2 is 1.53 bits per heavy atom. The lowest BCUT2D eigenvalue weighted by Gasteiger charge is -2.27. The Balaban J connectivity index is 2.19. The van der Waals surface area contributed by atoms with Crippen molar-refractivity contribution in [3.8, 4) is 0 Å². The summed E-state index contributed by atoms with van der Waals surface area (Å²) in [5.74, 6) is 3.46. The van der Waals surface area contributed by atoms with Crippen LogP contribution in [0.4, 0.5) is 0 Å². The number of hydrogen-bond donors (Lipinski definition) is 1. The summed E-state index contributed by atoms with van der Waals surface area (Å²) in [6.07, 6.45) is 4.34. The van der Waals surface area contributed by atoms with Crippen LogP contribution in [0.5, 0.6) is 0 Å². The van der Waals surface area contributed by atoms with Crippen LogP contribution in [-0.2, 0) is 0 Å². The highest BCUT2D eigenvalue weighted by molar-refractivity contribution is 4.79. The van der Waals surface area contributed by atoms with Gasteiger partial charge in [-0.3, -0.25) is 0 Å². The van der Waals surface area contributed by atoms with Crippen LogP contribution in [-0.4, -0.2) is 12.6 Å². The zero-order valence-corrected chi connectivity index (χ0v) is 11.2. The molecule has 0 spiro atoms. The highest BCUT2D eigenvalue weighted by Crippen LogP contribution is 2.33. The fourth-order valence-electron chi connectivity index (χ4n) is 2.52. The SMILES string of the molecule is CC(CC1CC1)NCC(C(C)C)C(C)C. The van der Waals surface area contributed by atoms with Gasteiger partial charge in [-0.25, -0.2) is 0 Å². The van der Waals surface area contributed by atoms with Crippen molar-refractivity contribution in [3.63, 3.8) is 0 Å². The first-order chi connectivity index (χ1) is 7.00. The fraction of sp³-hybridized carbons (Fsp3) is 1.00. The third-order valence-corrected chi connectivity index (χ3v) is 3.80. The van der Waals surface area contributed by atoms with Gasteiger partial charge in [0.05, 0.1) is 0 Å². The fourth-order valence-corrected chi connectivity index (χ4v) is 2.52. The molecule has 1 unspecified atom stereocenters. The van der Waals surface area contributed by atoms with Gasteiger partial charge in [0, 0.05) is 6.04 Å². The van der Waals surface area contributed by atoms with E-state index in [0.29, 0.717) is 0 Å². The van der Waals surface area contributed by atoms with Gasteiger partial charge in [0.1, 0.15) is 0 Å². The molecule has 0 heterocycles. The van der Waals surface area contributed by atoms with Gasteiger partial charge in [-0.2, -0.15) is 0 Å². The molecule has 1 N–H and O–H groups in total. The molecule has 0 bridgehead atoms. The van der Waals surface area contributed by atoms with Crippen LogP contribution in [0.15, 0.2) is 0 Å². The van der Waals surface area contributed by atoms with Crippen molar-refractivity contribution in [2.75, 3.05) is 6.54 Å². The quantitative estimate of drug-likeness (QED) is 0.677. The predicted molar refractivity (Wildman–Crippen MR) is 68.0 cm³/mol. The Labute approximate surface area is 96.0 Å². The molecule has 1 aliphatic rings. The van der Waals surface area contributed by atoms with E-state index in [1.54, 1.807) is 0 Å². The lowest BCUT2D eigenvalue weighted by atomic mass is 9.85. The molecule has 1 heteroatoms. The monoisotopic (exact) mass is 211 g/mol. The van der Waals surface area contributed by atoms with Crippen LogP contribution in [0.1, 0.15) is 53.9 Å². The number of nitrogens with one attached hydrogen (secondary N) is 1. The van der Waals surface area contributed by atoms with E-state index in [0.717, 1.165) is 29.7 Å². The highest BCUT2D eigenvalue weighted by Gasteiger charge is 2.24. The molecule has 0 radical (unpaired) electrons. The topological polar surface area (TPSA) is 12.0 Å². The van der Waals surface area contributed by atoms with E-state index in [1.165, 1.54) is 25.8 Å². The van der Waals surface area contributed by atoms with Crippen molar-refractivity contribution in [2.24, 2.45) is 23.7 Å². The van der Waals surface area contributed by atoms with Crippen molar-refractivity contribution in [2.45, 2.75) is 59.9 Å². The summed E-state index contributed by atoms with van der Waals surface area (Å²) >= 11 is 0. The molecular formula is C14H29N. The summed E-state index contributed by atoms with van der Waals surface area (Å²) in [4.78, 5) is 0. The van der Waals surface area contributed by atoms with Crippen molar-refractivity contribution in [3.05, 3.63) is 0 Å². The van der Waals surface area contributed by atoms with Crippen LogP contribution in [0, 0.1) is 23.7 Å². The molecule has 90 valence electrons. The van der Waals surface area contributed by atoms with Crippen LogP contribution >= 0.6 is 0 Å². The third-order valence-electron chi connectivity index (χ3n) is 3.80. The first kappa shape index (κ1) is 13.0. The van der Waals surface area contributed by atoms with Crippen LogP contribution < -0.4 is 5.32 Å². The van der Waals surface area contributed by atoms with Crippen LogP contribution in [0.25, 0.3) is 0 Å². The summed E-state index contributed by atoms with van der Waals surface area (Å²) in [6.45, 7) is 12.9. The van der Waals surface area contributed by atoms with Crippen LogP contribution in [0.2, 0.25) is 0 Å². The predicted octanol–water partition coefficient (Wildman–Crippen LogP) is 3.69. The highest BCUT2D eigenvalue weighted by atomic mass is 14.9. The third kappa shape index (κ3) is 5.01. The summed E-state index contributed by atoms with van der Waals surface area (Å²) in [6, 6.07) is 0.720. The van der Waals surface area contributed by atoms with Gasteiger partial charge in [0.2, 0.25) is 0 Å². The molecule has 0 aromatic rings. The van der Waals surface area contributed by atoms with Crippen molar-refractivity contribution in [1.82, 2.24) is 5.32 Å². The Kier molecular flexibility index (Phi) is 5.11. The smallest absolute Gasteiger partial charge is 0.00414 e. The molecule has 0 aromatic carbocycles. The van der Waals surface area contributed by atoms with E-state index < -0.39 is 0 Å². The van der Waals surface area contributed by atoms with Gasteiger partial charge >= 0.3 is 0 Å². The molecule has 0 aromatic heterocycles. The molecule has 1 aliphatic carbocycles. The lowest BCUT2D eigenvalue weighted by molar-refractivity contribution is 0.264. The lowest BCUT2D eigenvalue weighted by Crippen LogP contribution is -2.35. The van der Waals surface area contributed by atoms with E-state index in [4.69, 9.17) is 0 Å². The Morgan fingerprint density at radius 1 is 1.00 bits per heavy atom. The van der Waals surface area contributed by atoms with E-state index in [2.05, 4.69) is 39.9 Å². The first-order valence-electron chi connectivity index (χ1n) is 6.74. The molecule has 0 amide bonds. The average Bonchev–Trinajstić information content (AvgIpc) is 2.86. The maximum atomic E-state index is 3.72. The average molecular weight is 211 g/mol. The Morgan fingerprint density at radius 3 is 1.93 bits per heavy atom. The van der Waals surface area contributed by atoms with Gasteiger partial charge < -0.3 is 5.32 Å². The minimum absolute atomic E-state index is 0.720. The zero-order chi connectivity index (χ0) is 11.4.